The van der Waals surface area contributed by atoms with Crippen molar-refractivity contribution >= 4 is 0 Å². The van der Waals surface area contributed by atoms with Gasteiger partial charge in [0.15, 0.2) is 0 Å². The molecule has 0 aliphatic heterocycles. The van der Waals surface area contributed by atoms with E-state index in [1.165, 1.54) is 5.69 Å². The fraction of sp³-hybridized carbons (Fsp3) is 0.500. The average Bonchev–Trinajstić information content (AvgIpc) is 1.94. The van der Waals surface area contributed by atoms with Gasteiger partial charge in [-0.05, 0) is 0 Å². The number of aromatic nitrogens is 2. The van der Waals surface area contributed by atoms with Gasteiger partial charge in [-0.1, -0.05) is 6.92 Å². The first-order valence-corrected chi connectivity index (χ1v) is 3.58. The predicted octanol–water partition coefficient (Wildman–Crippen LogP) is -0.107. The second kappa shape index (κ2) is 7.67. The molecule has 0 aliphatic carbocycles. The molecule has 4 heteroatoms. The van der Waals surface area contributed by atoms with E-state index in [0.717, 1.165) is 6.42 Å². The van der Waals surface area contributed by atoms with Gasteiger partial charge in [0.05, 0.1) is 0 Å². The summed E-state index contributed by atoms with van der Waals surface area (Å²) >= 11 is 0. The molecule has 2 nitrogen and oxygen atoms in total. The zero-order chi connectivity index (χ0) is 7.56. The van der Waals surface area contributed by atoms with Crippen LogP contribution in [0.3, 0.4) is 0 Å². The van der Waals surface area contributed by atoms with Crippen molar-refractivity contribution < 1.29 is 74.6 Å². The van der Waals surface area contributed by atoms with Crippen LogP contribution >= 0.6 is 0 Å². The third-order valence-corrected chi connectivity index (χ3v) is 1.69. The molecule has 0 unspecified atom stereocenters. The topological polar surface area (TPSA) is 7.76 Å². The van der Waals surface area contributed by atoms with E-state index in [-0.39, 0.29) is 65.4 Å². The van der Waals surface area contributed by atoms with Crippen molar-refractivity contribution in [1.82, 2.24) is 0 Å². The van der Waals surface area contributed by atoms with Crippen molar-refractivity contribution in [3.63, 3.8) is 0 Å². The van der Waals surface area contributed by atoms with Gasteiger partial charge in [-0.15, -0.1) is 0 Å². The summed E-state index contributed by atoms with van der Waals surface area (Å²) in [5.74, 6) is 0. The van der Waals surface area contributed by atoms with Gasteiger partial charge in [0.1, 0.15) is 14.1 Å². The first-order chi connectivity index (χ1) is 4.74. The molecule has 0 atom stereocenters. The average molecular weight is 316 g/mol. The minimum Gasteiger partial charge on any atom is -0.197 e. The van der Waals surface area contributed by atoms with Crippen LogP contribution in [0.15, 0.2) is 18.6 Å². The van der Waals surface area contributed by atoms with Crippen LogP contribution in [0.1, 0.15) is 12.6 Å². The first-order valence-electron chi connectivity index (χ1n) is 3.58. The Bertz CT molecular complexity index is 238. The Morgan fingerprint density at radius 3 is 2.17 bits per heavy atom. The summed E-state index contributed by atoms with van der Waals surface area (Å²) < 4.78 is 4.21. The molecule has 1 aromatic heterocycles. The summed E-state index contributed by atoms with van der Waals surface area (Å²) in [5.41, 5.74) is 1.35. The molecule has 1 aromatic rings. The molecule has 0 spiro atoms. The van der Waals surface area contributed by atoms with E-state index in [9.17, 15) is 0 Å². The molecule has 0 aromatic carbocycles. The molecular formula is C8H14N2Y2+2. The molecule has 1 heterocycles. The maximum absolute atomic E-state index is 2.16. The van der Waals surface area contributed by atoms with Crippen molar-refractivity contribution in [2.24, 2.45) is 14.1 Å². The molecule has 0 fully saturated rings. The van der Waals surface area contributed by atoms with Crippen molar-refractivity contribution in [3.8, 4) is 0 Å². The van der Waals surface area contributed by atoms with Gasteiger partial charge in [-0.2, -0.15) is 9.13 Å². The minimum absolute atomic E-state index is 0. The van der Waals surface area contributed by atoms with E-state index in [4.69, 9.17) is 0 Å². The third kappa shape index (κ3) is 4.50. The van der Waals surface area contributed by atoms with Crippen LogP contribution in [-0.2, 0) is 85.9 Å². The summed E-state index contributed by atoms with van der Waals surface area (Å²) in [4.78, 5) is 0. The van der Waals surface area contributed by atoms with Gasteiger partial charge in [0, 0.05) is 71.8 Å². The predicted molar refractivity (Wildman–Crippen MR) is 38.2 cm³/mol. The van der Waals surface area contributed by atoms with Crippen LogP contribution in [0, 0.1) is 0 Å². The number of aryl methyl sites for hydroxylation is 3. The molecule has 0 saturated heterocycles. The zero-order valence-electron chi connectivity index (χ0n) is 7.99. The van der Waals surface area contributed by atoms with E-state index in [1.807, 2.05) is 13.2 Å². The molecule has 0 saturated carbocycles. The summed E-state index contributed by atoms with van der Waals surface area (Å²) in [6, 6.07) is 0. The molecule has 1 rings (SSSR count). The molecule has 0 N–H and O–H groups in total. The minimum atomic E-state index is 0. The Kier molecular flexibility index (Phi) is 10.1. The Morgan fingerprint density at radius 1 is 1.17 bits per heavy atom. The Balaban J connectivity index is 0. The standard InChI is InChI=1S/C8H14N2.2Y/c1-4-8-7-9(2)5-6-10(8)3;;/h5-7H,4H2,1-3H3;;/q+2;;. The fourth-order valence-electron chi connectivity index (χ4n) is 1.01. The quantitative estimate of drug-likeness (QED) is 0.639. The number of hydrogen-bond acceptors (Lipinski definition) is 0. The van der Waals surface area contributed by atoms with Gasteiger partial charge >= 0.3 is 0 Å². The first kappa shape index (κ1) is 15.7. The van der Waals surface area contributed by atoms with E-state index in [1.54, 1.807) is 0 Å². The molecule has 60 valence electrons. The number of nitrogens with zero attached hydrogens (tertiary/aromatic N) is 2. The smallest absolute Gasteiger partial charge is 0.197 e. The molecule has 0 bridgehead atoms. The van der Waals surface area contributed by atoms with Crippen LogP contribution < -0.4 is 9.13 Å². The number of rotatable bonds is 1. The Hall–Kier alpha value is 1.29. The summed E-state index contributed by atoms with van der Waals surface area (Å²) in [6.45, 7) is 2.16. The SMILES string of the molecule is CCc1c[n+](C)cc[n+]1C.[Y].[Y]. The molecule has 12 heavy (non-hydrogen) atoms. The largest absolute Gasteiger partial charge is 0.245 e. The summed E-state index contributed by atoms with van der Waals surface area (Å²) in [6.07, 6.45) is 7.34. The molecular weight excluding hydrogens is 302 g/mol. The molecule has 0 aliphatic rings. The molecule has 0 amide bonds. The third-order valence-electron chi connectivity index (χ3n) is 1.69. The molecule has 2 radical (unpaired) electrons. The van der Waals surface area contributed by atoms with Crippen molar-refractivity contribution in [3.05, 3.63) is 24.3 Å². The van der Waals surface area contributed by atoms with Gasteiger partial charge in [0.25, 0.3) is 0 Å². The van der Waals surface area contributed by atoms with E-state index in [2.05, 4.69) is 35.5 Å². The summed E-state index contributed by atoms with van der Waals surface area (Å²) in [7, 11) is 4.11. The number of hydrogen-bond donors (Lipinski definition) is 0. The van der Waals surface area contributed by atoms with Crippen LogP contribution in [0.5, 0.6) is 0 Å². The summed E-state index contributed by atoms with van der Waals surface area (Å²) in [5, 5.41) is 0. The monoisotopic (exact) mass is 316 g/mol. The van der Waals surface area contributed by atoms with E-state index in [0.29, 0.717) is 0 Å². The Morgan fingerprint density at radius 2 is 1.75 bits per heavy atom. The van der Waals surface area contributed by atoms with Gasteiger partial charge in [-0.3, -0.25) is 0 Å². The van der Waals surface area contributed by atoms with E-state index >= 15 is 0 Å². The fourth-order valence-corrected chi connectivity index (χ4v) is 1.01. The van der Waals surface area contributed by atoms with Gasteiger partial charge in [-0.25, -0.2) is 0 Å². The zero-order valence-corrected chi connectivity index (χ0v) is 13.7. The van der Waals surface area contributed by atoms with Crippen molar-refractivity contribution in [2.45, 2.75) is 13.3 Å². The van der Waals surface area contributed by atoms with Crippen LogP contribution in [0.2, 0.25) is 0 Å². The second-order valence-electron chi connectivity index (χ2n) is 2.55. The maximum Gasteiger partial charge on any atom is 0.245 e. The van der Waals surface area contributed by atoms with Crippen LogP contribution in [-0.4, -0.2) is 0 Å². The Labute approximate surface area is 125 Å². The van der Waals surface area contributed by atoms with E-state index < -0.39 is 0 Å². The van der Waals surface area contributed by atoms with Gasteiger partial charge in [0.2, 0.25) is 24.3 Å². The second-order valence-corrected chi connectivity index (χ2v) is 2.55. The normalized spacial score (nSPS) is 8.25. The van der Waals surface area contributed by atoms with Crippen LogP contribution in [0.4, 0.5) is 0 Å². The van der Waals surface area contributed by atoms with Crippen molar-refractivity contribution in [1.29, 1.82) is 0 Å². The van der Waals surface area contributed by atoms with Crippen LogP contribution in [0.25, 0.3) is 0 Å². The van der Waals surface area contributed by atoms with Crippen molar-refractivity contribution in [2.75, 3.05) is 0 Å². The maximum atomic E-state index is 2.16. The van der Waals surface area contributed by atoms with Gasteiger partial charge < -0.3 is 0 Å².